The van der Waals surface area contributed by atoms with Crippen molar-refractivity contribution >= 4 is 5.91 Å². The van der Waals surface area contributed by atoms with Crippen molar-refractivity contribution in [1.29, 1.82) is 0 Å². The van der Waals surface area contributed by atoms with Crippen molar-refractivity contribution < 1.29 is 19.0 Å². The zero-order valence-electron chi connectivity index (χ0n) is 11.2. The number of amides is 1. The van der Waals surface area contributed by atoms with Gasteiger partial charge in [0.25, 0.3) is 5.91 Å². The Hall–Kier alpha value is -1.79. The van der Waals surface area contributed by atoms with Crippen molar-refractivity contribution in [2.45, 2.75) is 19.4 Å². The van der Waals surface area contributed by atoms with Crippen LogP contribution in [0.3, 0.4) is 0 Å². The number of hydrogen-bond acceptors (Lipinski definition) is 5. The van der Waals surface area contributed by atoms with E-state index in [1.165, 1.54) is 7.11 Å². The zero-order chi connectivity index (χ0) is 14.1. The number of hydrogen-bond donors (Lipinski definition) is 2. The molecule has 0 aliphatic heterocycles. The number of rotatable bonds is 8. The van der Waals surface area contributed by atoms with Gasteiger partial charge in [-0.05, 0) is 18.6 Å². The van der Waals surface area contributed by atoms with Crippen LogP contribution in [0.4, 0.5) is 0 Å². The molecule has 1 amide bonds. The largest absolute Gasteiger partial charge is 0.490 e. The predicted octanol–water partition coefficient (Wildman–Crippen LogP) is 0.859. The molecule has 0 saturated carbocycles. The molecule has 6 nitrogen and oxygen atoms in total. The maximum Gasteiger partial charge on any atom is 0.277 e. The van der Waals surface area contributed by atoms with Crippen molar-refractivity contribution in [2.24, 2.45) is 5.84 Å². The van der Waals surface area contributed by atoms with Crippen molar-refractivity contribution in [2.75, 3.05) is 20.3 Å². The summed E-state index contributed by atoms with van der Waals surface area (Å²) in [6.07, 6.45) is 0.0698. The van der Waals surface area contributed by atoms with Crippen LogP contribution in [0, 0.1) is 0 Å². The molecule has 3 N–H and O–H groups in total. The van der Waals surface area contributed by atoms with Crippen LogP contribution in [-0.2, 0) is 9.53 Å². The number of para-hydroxylation sites is 2. The first kappa shape index (κ1) is 15.3. The molecule has 1 unspecified atom stereocenters. The SMILES string of the molecule is CCCOc1ccccc1OC(COC)C(=O)NN. The highest BCUT2D eigenvalue weighted by Gasteiger charge is 2.20. The van der Waals surface area contributed by atoms with Crippen molar-refractivity contribution in [3.63, 3.8) is 0 Å². The highest BCUT2D eigenvalue weighted by Crippen LogP contribution is 2.27. The number of methoxy groups -OCH3 is 1. The average Bonchev–Trinajstić information content (AvgIpc) is 2.45. The first-order valence-corrected chi connectivity index (χ1v) is 6.10. The van der Waals surface area contributed by atoms with E-state index in [-0.39, 0.29) is 6.61 Å². The first-order chi connectivity index (χ1) is 9.22. The van der Waals surface area contributed by atoms with Crippen LogP contribution in [0.15, 0.2) is 24.3 Å². The third-order valence-electron chi connectivity index (χ3n) is 2.33. The number of carbonyl (C=O) groups excluding carboxylic acids is 1. The van der Waals surface area contributed by atoms with E-state index in [2.05, 4.69) is 0 Å². The van der Waals surface area contributed by atoms with Gasteiger partial charge in [0, 0.05) is 7.11 Å². The number of hydrazine groups is 1. The molecule has 0 saturated heterocycles. The maximum atomic E-state index is 11.5. The van der Waals surface area contributed by atoms with Gasteiger partial charge in [0.05, 0.1) is 13.2 Å². The fourth-order valence-electron chi connectivity index (χ4n) is 1.44. The average molecular weight is 268 g/mol. The van der Waals surface area contributed by atoms with Crippen LogP contribution in [0.2, 0.25) is 0 Å². The van der Waals surface area contributed by atoms with Crippen LogP contribution in [0.1, 0.15) is 13.3 Å². The quantitative estimate of drug-likeness (QED) is 0.415. The number of ether oxygens (including phenoxy) is 3. The number of nitrogens with one attached hydrogen (secondary N) is 1. The van der Waals surface area contributed by atoms with E-state index in [1.54, 1.807) is 18.2 Å². The lowest BCUT2D eigenvalue weighted by Crippen LogP contribution is -2.44. The van der Waals surface area contributed by atoms with Crippen molar-refractivity contribution in [1.82, 2.24) is 5.43 Å². The van der Waals surface area contributed by atoms with Gasteiger partial charge in [-0.25, -0.2) is 5.84 Å². The molecule has 6 heteroatoms. The van der Waals surface area contributed by atoms with E-state index in [4.69, 9.17) is 20.1 Å². The van der Waals surface area contributed by atoms with Gasteiger partial charge in [0.2, 0.25) is 6.10 Å². The number of benzene rings is 1. The summed E-state index contributed by atoms with van der Waals surface area (Å²) in [4.78, 5) is 11.5. The normalized spacial score (nSPS) is 11.7. The summed E-state index contributed by atoms with van der Waals surface area (Å²) < 4.78 is 16.1. The van der Waals surface area contributed by atoms with Gasteiger partial charge >= 0.3 is 0 Å². The molecule has 0 radical (unpaired) electrons. The molecular weight excluding hydrogens is 248 g/mol. The minimum Gasteiger partial charge on any atom is -0.490 e. The molecule has 0 aromatic heterocycles. The molecule has 0 fully saturated rings. The third-order valence-corrected chi connectivity index (χ3v) is 2.33. The Morgan fingerprint density at radius 2 is 2.05 bits per heavy atom. The summed E-state index contributed by atoms with van der Waals surface area (Å²) in [6, 6.07) is 7.16. The molecule has 1 atom stereocenters. The topological polar surface area (TPSA) is 82.8 Å². The predicted molar refractivity (Wildman–Crippen MR) is 70.9 cm³/mol. The lowest BCUT2D eigenvalue weighted by atomic mass is 10.3. The Morgan fingerprint density at radius 3 is 2.63 bits per heavy atom. The molecule has 19 heavy (non-hydrogen) atoms. The molecule has 1 aromatic rings. The van der Waals surface area contributed by atoms with Gasteiger partial charge in [0.15, 0.2) is 11.5 Å². The van der Waals surface area contributed by atoms with Gasteiger partial charge in [-0.15, -0.1) is 0 Å². The fourth-order valence-corrected chi connectivity index (χ4v) is 1.44. The Morgan fingerprint density at radius 1 is 1.37 bits per heavy atom. The van der Waals surface area contributed by atoms with Crippen molar-refractivity contribution in [3.8, 4) is 11.5 Å². The molecular formula is C13H20N2O4. The van der Waals surface area contributed by atoms with Gasteiger partial charge in [-0.3, -0.25) is 10.2 Å². The van der Waals surface area contributed by atoms with Crippen LogP contribution in [-0.4, -0.2) is 32.3 Å². The minimum atomic E-state index is -0.818. The molecule has 1 aromatic carbocycles. The molecule has 106 valence electrons. The first-order valence-electron chi connectivity index (χ1n) is 6.10. The summed E-state index contributed by atoms with van der Waals surface area (Å²) in [7, 11) is 1.49. The van der Waals surface area contributed by atoms with E-state index in [9.17, 15) is 4.79 Å². The van der Waals surface area contributed by atoms with Gasteiger partial charge < -0.3 is 14.2 Å². The second kappa shape index (κ2) is 8.34. The van der Waals surface area contributed by atoms with Crippen LogP contribution < -0.4 is 20.7 Å². The standard InChI is InChI=1S/C13H20N2O4/c1-3-8-18-10-6-4-5-7-11(10)19-12(9-17-2)13(16)15-14/h4-7,12H,3,8-9,14H2,1-2H3,(H,15,16). The fraction of sp³-hybridized carbons (Fsp3) is 0.462. The smallest absolute Gasteiger partial charge is 0.277 e. The van der Waals surface area contributed by atoms with Gasteiger partial charge in [0.1, 0.15) is 0 Å². The maximum absolute atomic E-state index is 11.5. The Bertz CT molecular complexity index is 398. The summed E-state index contributed by atoms with van der Waals surface area (Å²) in [6.45, 7) is 2.70. The molecule has 1 rings (SSSR count). The highest BCUT2D eigenvalue weighted by molar-refractivity contribution is 5.80. The molecule has 0 bridgehead atoms. The van der Waals surface area contributed by atoms with E-state index in [1.807, 2.05) is 18.4 Å². The molecule has 0 aliphatic carbocycles. The van der Waals surface area contributed by atoms with E-state index < -0.39 is 12.0 Å². The monoisotopic (exact) mass is 268 g/mol. The van der Waals surface area contributed by atoms with Crippen LogP contribution >= 0.6 is 0 Å². The van der Waals surface area contributed by atoms with Crippen LogP contribution in [0.5, 0.6) is 11.5 Å². The second-order valence-electron chi connectivity index (χ2n) is 3.87. The molecule has 0 heterocycles. The lowest BCUT2D eigenvalue weighted by molar-refractivity contribution is -0.130. The number of nitrogens with two attached hydrogens (primary N) is 1. The summed E-state index contributed by atoms with van der Waals surface area (Å²) in [5.74, 6) is 5.74. The van der Waals surface area contributed by atoms with E-state index >= 15 is 0 Å². The van der Waals surface area contributed by atoms with Crippen LogP contribution in [0.25, 0.3) is 0 Å². The molecule has 0 aliphatic rings. The Kier molecular flexibility index (Phi) is 6.70. The minimum absolute atomic E-state index is 0.102. The number of carbonyl (C=O) groups is 1. The molecule has 0 spiro atoms. The van der Waals surface area contributed by atoms with Gasteiger partial charge in [-0.1, -0.05) is 19.1 Å². The summed E-state index contributed by atoms with van der Waals surface area (Å²) in [5.41, 5.74) is 2.05. The van der Waals surface area contributed by atoms with Crippen molar-refractivity contribution in [3.05, 3.63) is 24.3 Å². The van der Waals surface area contributed by atoms with E-state index in [0.29, 0.717) is 18.1 Å². The highest BCUT2D eigenvalue weighted by atomic mass is 16.5. The summed E-state index contributed by atoms with van der Waals surface area (Å²) in [5, 5.41) is 0. The Labute approximate surface area is 112 Å². The van der Waals surface area contributed by atoms with Gasteiger partial charge in [-0.2, -0.15) is 0 Å². The lowest BCUT2D eigenvalue weighted by Gasteiger charge is -2.18. The zero-order valence-corrected chi connectivity index (χ0v) is 11.2. The van der Waals surface area contributed by atoms with E-state index in [0.717, 1.165) is 6.42 Å². The second-order valence-corrected chi connectivity index (χ2v) is 3.87. The Balaban J connectivity index is 2.80. The summed E-state index contributed by atoms with van der Waals surface area (Å²) >= 11 is 0. The third kappa shape index (κ3) is 4.76.